The maximum Gasteiger partial charge on any atom is 0.251 e. The summed E-state index contributed by atoms with van der Waals surface area (Å²) in [6, 6.07) is 17.6. The zero-order valence-electron chi connectivity index (χ0n) is 21.4. The van der Waals surface area contributed by atoms with E-state index in [0.717, 1.165) is 43.0 Å². The number of carbonyl (C=O) groups is 1. The van der Waals surface area contributed by atoms with Crippen molar-refractivity contribution in [2.24, 2.45) is 7.05 Å². The van der Waals surface area contributed by atoms with Crippen molar-refractivity contribution < 1.29 is 9.90 Å². The summed E-state index contributed by atoms with van der Waals surface area (Å²) < 4.78 is 1.88. The Morgan fingerprint density at radius 2 is 1.95 bits per heavy atom. The zero-order chi connectivity index (χ0) is 26.3. The quantitative estimate of drug-likeness (QED) is 0.297. The molecular weight excluding hydrogens is 480 g/mol. The molecule has 5 rings (SSSR count). The molecule has 2 aromatic carbocycles. The first kappa shape index (κ1) is 25.5. The van der Waals surface area contributed by atoms with Crippen molar-refractivity contribution >= 4 is 11.6 Å². The first-order valence-corrected chi connectivity index (χ1v) is 12.8. The highest BCUT2D eigenvalue weighted by Gasteiger charge is 2.24. The van der Waals surface area contributed by atoms with Gasteiger partial charge in [0.1, 0.15) is 12.0 Å². The molecule has 0 aliphatic carbocycles. The Kier molecular flexibility index (Phi) is 8.01. The van der Waals surface area contributed by atoms with Crippen LogP contribution in [0.5, 0.6) is 0 Å². The van der Waals surface area contributed by atoms with Crippen LogP contribution in [0.15, 0.2) is 67.1 Å². The van der Waals surface area contributed by atoms with Crippen LogP contribution in [0.1, 0.15) is 40.2 Å². The summed E-state index contributed by atoms with van der Waals surface area (Å²) in [5.74, 6) is 1.27. The Morgan fingerprint density at radius 1 is 1.08 bits per heavy atom. The molecule has 1 saturated heterocycles. The summed E-state index contributed by atoms with van der Waals surface area (Å²) in [5, 5.41) is 24.6. The van der Waals surface area contributed by atoms with Gasteiger partial charge in [0.2, 0.25) is 0 Å². The maximum atomic E-state index is 13.0. The van der Waals surface area contributed by atoms with Crippen molar-refractivity contribution in [3.8, 4) is 11.5 Å². The molecule has 1 unspecified atom stereocenters. The van der Waals surface area contributed by atoms with Gasteiger partial charge in [0.25, 0.3) is 5.91 Å². The number of anilines is 1. The fourth-order valence-electron chi connectivity index (χ4n) is 4.80. The van der Waals surface area contributed by atoms with Gasteiger partial charge in [-0.1, -0.05) is 30.3 Å². The van der Waals surface area contributed by atoms with Crippen LogP contribution in [0.4, 0.5) is 5.69 Å². The first-order chi connectivity index (χ1) is 18.6. The Morgan fingerprint density at radius 3 is 2.76 bits per heavy atom. The number of nitrogens with zero attached hydrogens (tertiary/aromatic N) is 6. The van der Waals surface area contributed by atoms with Crippen LogP contribution < -0.4 is 10.6 Å². The molecule has 0 radical (unpaired) electrons. The molecule has 3 N–H and O–H groups in total. The Hall–Kier alpha value is -4.15. The fraction of sp³-hybridized carbons (Fsp3) is 0.321. The van der Waals surface area contributed by atoms with Gasteiger partial charge in [-0.15, -0.1) is 10.2 Å². The van der Waals surface area contributed by atoms with Crippen molar-refractivity contribution in [1.82, 2.24) is 34.9 Å². The lowest BCUT2D eigenvalue weighted by molar-refractivity contribution is 0.0950. The van der Waals surface area contributed by atoms with Crippen LogP contribution in [0.3, 0.4) is 0 Å². The smallest absolute Gasteiger partial charge is 0.251 e. The molecule has 10 nitrogen and oxygen atoms in total. The Balaban J connectivity index is 1.19. The number of hydrogen-bond acceptors (Lipinski definition) is 8. The van der Waals surface area contributed by atoms with Crippen LogP contribution in [0.25, 0.3) is 11.5 Å². The SMILES string of the molecule is Cn1c(CNc2cccc(C(=O)NCc3ccccc3CN3CCCC3CO)c2)nnc1-c1ccncn1. The number of benzene rings is 2. The van der Waals surface area contributed by atoms with E-state index >= 15 is 0 Å². The number of amides is 1. The standard InChI is InChI=1S/C28H32N8O2/c1-35-26(33-34-27(35)25-11-12-29-19-32-25)16-30-23-9-4-8-20(14-23)28(38)31-15-21-6-2-3-7-22(21)17-36-13-5-10-24(36)18-37/h2-4,6-9,11-12,14,19,24,30,37H,5,10,13,15-18H2,1H3,(H,31,38). The predicted molar refractivity (Wildman–Crippen MR) is 144 cm³/mol. The van der Waals surface area contributed by atoms with E-state index in [2.05, 4.69) is 41.8 Å². The number of carbonyl (C=O) groups excluding carboxylic acids is 1. The van der Waals surface area contributed by atoms with Crippen LogP contribution in [-0.4, -0.2) is 59.8 Å². The molecule has 4 aromatic rings. The van der Waals surface area contributed by atoms with Gasteiger partial charge in [-0.2, -0.15) is 0 Å². The summed E-state index contributed by atoms with van der Waals surface area (Å²) in [5.41, 5.74) is 4.35. The molecule has 196 valence electrons. The molecule has 1 amide bonds. The molecule has 1 aliphatic heterocycles. The molecule has 0 saturated carbocycles. The second-order valence-corrected chi connectivity index (χ2v) is 9.43. The lowest BCUT2D eigenvalue weighted by atomic mass is 10.1. The molecule has 3 heterocycles. The van der Waals surface area contributed by atoms with E-state index in [1.165, 1.54) is 11.9 Å². The van der Waals surface area contributed by atoms with Gasteiger partial charge in [-0.25, -0.2) is 9.97 Å². The lowest BCUT2D eigenvalue weighted by Gasteiger charge is -2.24. The van der Waals surface area contributed by atoms with E-state index in [9.17, 15) is 9.90 Å². The van der Waals surface area contributed by atoms with Crippen LogP contribution in [0.2, 0.25) is 0 Å². The zero-order valence-corrected chi connectivity index (χ0v) is 21.4. The van der Waals surface area contributed by atoms with Crippen LogP contribution in [0, 0.1) is 0 Å². The molecule has 2 aromatic heterocycles. The number of rotatable bonds is 10. The number of aliphatic hydroxyl groups excluding tert-OH is 1. The second-order valence-electron chi connectivity index (χ2n) is 9.43. The summed E-state index contributed by atoms with van der Waals surface area (Å²) in [7, 11) is 1.89. The largest absolute Gasteiger partial charge is 0.395 e. The fourth-order valence-corrected chi connectivity index (χ4v) is 4.80. The van der Waals surface area contributed by atoms with Gasteiger partial charge < -0.3 is 20.3 Å². The molecule has 1 fully saturated rings. The minimum absolute atomic E-state index is 0.137. The topological polar surface area (TPSA) is 121 Å². The normalized spacial score (nSPS) is 15.5. The highest BCUT2D eigenvalue weighted by Crippen LogP contribution is 2.22. The summed E-state index contributed by atoms with van der Waals surface area (Å²) in [4.78, 5) is 23.5. The van der Waals surface area contributed by atoms with E-state index in [0.29, 0.717) is 30.2 Å². The number of nitrogens with one attached hydrogen (secondary N) is 2. The predicted octanol–water partition coefficient (Wildman–Crippen LogP) is 2.77. The first-order valence-electron chi connectivity index (χ1n) is 12.8. The monoisotopic (exact) mass is 512 g/mol. The van der Waals surface area contributed by atoms with E-state index in [-0.39, 0.29) is 18.6 Å². The van der Waals surface area contributed by atoms with Gasteiger partial charge in [0.15, 0.2) is 11.6 Å². The molecule has 1 atom stereocenters. The summed E-state index contributed by atoms with van der Waals surface area (Å²) >= 11 is 0. The van der Waals surface area contributed by atoms with Gasteiger partial charge in [0, 0.05) is 43.6 Å². The Labute approximate surface area is 221 Å². The van der Waals surface area contributed by atoms with E-state index in [1.54, 1.807) is 18.3 Å². The van der Waals surface area contributed by atoms with Crippen molar-refractivity contribution in [3.63, 3.8) is 0 Å². The van der Waals surface area contributed by atoms with E-state index < -0.39 is 0 Å². The summed E-state index contributed by atoms with van der Waals surface area (Å²) in [6.07, 6.45) is 5.29. The second kappa shape index (κ2) is 11.9. The number of aromatic nitrogens is 5. The van der Waals surface area contributed by atoms with Crippen molar-refractivity contribution in [1.29, 1.82) is 0 Å². The minimum atomic E-state index is -0.137. The third kappa shape index (κ3) is 5.87. The van der Waals surface area contributed by atoms with Crippen LogP contribution in [-0.2, 0) is 26.7 Å². The molecule has 38 heavy (non-hydrogen) atoms. The van der Waals surface area contributed by atoms with Gasteiger partial charge in [-0.3, -0.25) is 9.69 Å². The molecule has 0 spiro atoms. The third-order valence-electron chi connectivity index (χ3n) is 6.99. The van der Waals surface area contributed by atoms with Crippen LogP contribution >= 0.6 is 0 Å². The number of likely N-dealkylation sites (tertiary alicyclic amines) is 1. The van der Waals surface area contributed by atoms with E-state index in [1.807, 2.05) is 48.0 Å². The molecular formula is C28H32N8O2. The van der Waals surface area contributed by atoms with E-state index in [4.69, 9.17) is 0 Å². The van der Waals surface area contributed by atoms with Gasteiger partial charge >= 0.3 is 0 Å². The molecule has 1 aliphatic rings. The number of hydrogen-bond donors (Lipinski definition) is 3. The van der Waals surface area contributed by atoms with Crippen molar-refractivity contribution in [3.05, 3.63) is 89.6 Å². The maximum absolute atomic E-state index is 13.0. The van der Waals surface area contributed by atoms with Crippen molar-refractivity contribution in [2.45, 2.75) is 38.5 Å². The molecule has 0 bridgehead atoms. The average Bonchev–Trinajstić information content (AvgIpc) is 3.57. The van der Waals surface area contributed by atoms with Gasteiger partial charge in [-0.05, 0) is 54.8 Å². The lowest BCUT2D eigenvalue weighted by Crippen LogP contribution is -2.32. The van der Waals surface area contributed by atoms with Gasteiger partial charge in [0.05, 0.1) is 13.2 Å². The minimum Gasteiger partial charge on any atom is -0.395 e. The Bertz CT molecular complexity index is 1370. The third-order valence-corrected chi connectivity index (χ3v) is 6.99. The van der Waals surface area contributed by atoms with Crippen molar-refractivity contribution in [2.75, 3.05) is 18.5 Å². The highest BCUT2D eigenvalue weighted by atomic mass is 16.3. The summed E-state index contributed by atoms with van der Waals surface area (Å²) in [6.45, 7) is 2.83. The average molecular weight is 513 g/mol. The number of aliphatic hydroxyl groups is 1. The molecule has 10 heteroatoms. The highest BCUT2D eigenvalue weighted by molar-refractivity contribution is 5.95.